The third-order valence-electron chi connectivity index (χ3n) is 6.85. The Hall–Kier alpha value is -3.76. The number of imide groups is 1. The van der Waals surface area contributed by atoms with Crippen LogP contribution in [-0.2, 0) is 14.4 Å². The minimum absolute atomic E-state index is 0.0352. The van der Waals surface area contributed by atoms with Gasteiger partial charge in [0.05, 0.1) is 11.1 Å². The first kappa shape index (κ1) is 26.3. The monoisotopic (exact) mass is 510 g/mol. The molecule has 4 rings (SSSR count). The molecular weight excluding hydrogens is 476 g/mol. The Morgan fingerprint density at radius 3 is 2.70 bits per heavy atom. The Morgan fingerprint density at radius 2 is 1.97 bits per heavy atom. The molecule has 3 N–H and O–H groups in total. The van der Waals surface area contributed by atoms with E-state index in [-0.39, 0.29) is 48.4 Å². The zero-order chi connectivity index (χ0) is 26.7. The van der Waals surface area contributed by atoms with Gasteiger partial charge in [-0.15, -0.1) is 0 Å². The Morgan fingerprint density at radius 1 is 1.19 bits per heavy atom. The predicted octanol–water partition coefficient (Wildman–Crippen LogP) is 2.09. The number of carbonyl (C=O) groups excluding carboxylic acids is 4. The van der Waals surface area contributed by atoms with Gasteiger partial charge in [0.15, 0.2) is 0 Å². The van der Waals surface area contributed by atoms with E-state index in [0.29, 0.717) is 42.6 Å². The van der Waals surface area contributed by atoms with Gasteiger partial charge >= 0.3 is 6.03 Å². The number of anilines is 1. The minimum atomic E-state index is -0.813. The van der Waals surface area contributed by atoms with E-state index in [1.165, 1.54) is 4.57 Å². The Kier molecular flexibility index (Phi) is 7.89. The average molecular weight is 511 g/mol. The van der Waals surface area contributed by atoms with Crippen LogP contribution in [0.5, 0.6) is 0 Å². The fraction of sp³-hybridized carbons (Fsp3) is 0.538. The quantitative estimate of drug-likeness (QED) is 0.508. The number of carbonyl (C=O) groups is 4. The topological polar surface area (TPSA) is 142 Å². The van der Waals surface area contributed by atoms with Crippen molar-refractivity contribution in [3.8, 4) is 0 Å². The smallest absolute Gasteiger partial charge is 0.317 e. The van der Waals surface area contributed by atoms with Crippen LogP contribution in [-0.4, -0.2) is 57.8 Å². The van der Waals surface area contributed by atoms with Crippen LogP contribution in [0.4, 0.5) is 10.5 Å². The highest BCUT2D eigenvalue weighted by molar-refractivity contribution is 6.01. The number of aromatic nitrogens is 2. The van der Waals surface area contributed by atoms with E-state index < -0.39 is 17.5 Å². The SMILES string of the molecule is Cc1nc2c(NC(=O)CC3CCCN(C(=O)NCC(C)C)C3)cccc2c(=O)n1C1CCC(=O)NC1=O. The molecule has 2 aromatic rings. The molecule has 1 aromatic heterocycles. The summed E-state index contributed by atoms with van der Waals surface area (Å²) in [6, 6.07) is 4.05. The Labute approximate surface area is 215 Å². The number of hydrogen-bond donors (Lipinski definition) is 3. The molecule has 2 aliphatic heterocycles. The number of aryl methyl sites for hydroxylation is 1. The van der Waals surface area contributed by atoms with Gasteiger partial charge < -0.3 is 15.5 Å². The normalized spacial score (nSPS) is 20.2. The lowest BCUT2D eigenvalue weighted by atomic mass is 9.94. The fourth-order valence-corrected chi connectivity index (χ4v) is 5.01. The summed E-state index contributed by atoms with van der Waals surface area (Å²) in [6.45, 7) is 7.51. The first-order chi connectivity index (χ1) is 17.6. The molecule has 3 heterocycles. The van der Waals surface area contributed by atoms with Gasteiger partial charge in [0.25, 0.3) is 5.56 Å². The molecule has 2 atom stereocenters. The number of urea groups is 1. The Bertz CT molecular complexity index is 1290. The lowest BCUT2D eigenvalue weighted by molar-refractivity contribution is -0.135. The van der Waals surface area contributed by atoms with E-state index in [0.717, 1.165) is 12.8 Å². The van der Waals surface area contributed by atoms with Crippen molar-refractivity contribution in [1.29, 1.82) is 0 Å². The summed E-state index contributed by atoms with van der Waals surface area (Å²) in [5.41, 5.74) is 0.365. The molecule has 0 spiro atoms. The van der Waals surface area contributed by atoms with Crippen LogP contribution in [0.3, 0.4) is 0 Å². The third-order valence-corrected chi connectivity index (χ3v) is 6.85. The lowest BCUT2D eigenvalue weighted by Crippen LogP contribution is -2.46. The second kappa shape index (κ2) is 11.1. The van der Waals surface area contributed by atoms with Crippen molar-refractivity contribution in [3.63, 3.8) is 0 Å². The molecule has 0 aliphatic carbocycles. The summed E-state index contributed by atoms with van der Waals surface area (Å²) in [5, 5.41) is 8.38. The van der Waals surface area contributed by atoms with E-state index in [4.69, 9.17) is 0 Å². The van der Waals surface area contributed by atoms with Gasteiger partial charge in [0.1, 0.15) is 17.4 Å². The van der Waals surface area contributed by atoms with Crippen molar-refractivity contribution in [2.45, 2.75) is 58.9 Å². The molecule has 11 nitrogen and oxygen atoms in total. The zero-order valence-electron chi connectivity index (χ0n) is 21.5. The summed E-state index contributed by atoms with van der Waals surface area (Å²) >= 11 is 0. The first-order valence-electron chi connectivity index (χ1n) is 12.8. The van der Waals surface area contributed by atoms with E-state index in [1.807, 2.05) is 13.8 Å². The van der Waals surface area contributed by atoms with Gasteiger partial charge in [0.2, 0.25) is 17.7 Å². The van der Waals surface area contributed by atoms with Crippen LogP contribution < -0.4 is 21.5 Å². The van der Waals surface area contributed by atoms with Gasteiger partial charge in [-0.1, -0.05) is 19.9 Å². The maximum absolute atomic E-state index is 13.3. The molecule has 198 valence electrons. The second-order valence-corrected chi connectivity index (χ2v) is 10.3. The molecule has 2 saturated heterocycles. The number of nitrogens with zero attached hydrogens (tertiary/aromatic N) is 3. The third kappa shape index (κ3) is 5.98. The maximum atomic E-state index is 13.3. The molecule has 0 saturated carbocycles. The number of amides is 5. The summed E-state index contributed by atoms with van der Waals surface area (Å²) in [6.07, 6.45) is 2.31. The summed E-state index contributed by atoms with van der Waals surface area (Å²) in [4.78, 5) is 69.0. The molecule has 11 heteroatoms. The first-order valence-corrected chi connectivity index (χ1v) is 12.8. The highest BCUT2D eigenvalue weighted by Crippen LogP contribution is 2.25. The summed E-state index contributed by atoms with van der Waals surface area (Å²) in [7, 11) is 0. The number of hydrogen-bond acceptors (Lipinski definition) is 6. The molecule has 37 heavy (non-hydrogen) atoms. The van der Waals surface area contributed by atoms with Gasteiger partial charge in [-0.2, -0.15) is 0 Å². The summed E-state index contributed by atoms with van der Waals surface area (Å²) in [5.74, 6) is -0.372. The molecule has 1 aromatic carbocycles. The van der Waals surface area contributed by atoms with E-state index >= 15 is 0 Å². The molecule has 0 radical (unpaired) electrons. The Balaban J connectivity index is 1.48. The van der Waals surface area contributed by atoms with Crippen LogP contribution in [0.1, 0.15) is 57.8 Å². The minimum Gasteiger partial charge on any atom is -0.338 e. The van der Waals surface area contributed by atoms with Crippen molar-refractivity contribution in [2.24, 2.45) is 11.8 Å². The number of nitrogens with one attached hydrogen (secondary N) is 3. The van der Waals surface area contributed by atoms with E-state index in [1.54, 1.807) is 30.0 Å². The summed E-state index contributed by atoms with van der Waals surface area (Å²) < 4.78 is 1.32. The van der Waals surface area contributed by atoms with Crippen molar-refractivity contribution in [2.75, 3.05) is 25.0 Å². The van der Waals surface area contributed by atoms with Gasteiger partial charge in [-0.25, -0.2) is 9.78 Å². The van der Waals surface area contributed by atoms with Gasteiger partial charge in [0, 0.05) is 32.5 Å². The molecule has 5 amide bonds. The van der Waals surface area contributed by atoms with E-state index in [9.17, 15) is 24.0 Å². The van der Waals surface area contributed by atoms with Crippen LogP contribution in [0.15, 0.2) is 23.0 Å². The fourth-order valence-electron chi connectivity index (χ4n) is 5.01. The van der Waals surface area contributed by atoms with Crippen LogP contribution in [0, 0.1) is 18.8 Å². The number of likely N-dealkylation sites (tertiary alicyclic amines) is 1. The molecule has 2 unspecified atom stereocenters. The van der Waals surface area contributed by atoms with Crippen LogP contribution in [0.2, 0.25) is 0 Å². The van der Waals surface area contributed by atoms with Crippen molar-refractivity contribution in [1.82, 2.24) is 25.1 Å². The zero-order valence-corrected chi connectivity index (χ0v) is 21.5. The molecular formula is C26H34N6O5. The number of fused-ring (bicyclic) bond motifs is 1. The molecule has 2 fully saturated rings. The van der Waals surface area contributed by atoms with Crippen molar-refractivity contribution in [3.05, 3.63) is 34.4 Å². The maximum Gasteiger partial charge on any atom is 0.317 e. The number of benzene rings is 1. The average Bonchev–Trinajstić information content (AvgIpc) is 2.84. The predicted molar refractivity (Wildman–Crippen MR) is 138 cm³/mol. The number of rotatable bonds is 6. The lowest BCUT2D eigenvalue weighted by Gasteiger charge is -2.32. The second-order valence-electron chi connectivity index (χ2n) is 10.3. The molecule has 2 aliphatic rings. The van der Waals surface area contributed by atoms with Gasteiger partial charge in [-0.05, 0) is 50.2 Å². The van der Waals surface area contributed by atoms with E-state index in [2.05, 4.69) is 20.9 Å². The standard InChI is InChI=1S/C26H34N6O5/c1-15(2)13-27-26(37)31-11-5-6-17(14-31)12-22(34)29-19-8-4-7-18-23(19)28-16(3)32(25(18)36)20-9-10-21(33)30-24(20)35/h4,7-8,15,17,20H,5-6,9-14H2,1-3H3,(H,27,37)(H,29,34)(H,30,33,35). The van der Waals surface area contributed by atoms with Crippen LogP contribution >= 0.6 is 0 Å². The highest BCUT2D eigenvalue weighted by Gasteiger charge is 2.31. The van der Waals surface area contributed by atoms with Crippen molar-refractivity contribution >= 4 is 40.3 Å². The van der Waals surface area contributed by atoms with Crippen molar-refractivity contribution < 1.29 is 19.2 Å². The molecule has 0 bridgehead atoms. The number of piperidine rings is 2. The number of para-hydroxylation sites is 1. The van der Waals surface area contributed by atoms with Crippen LogP contribution in [0.25, 0.3) is 10.9 Å². The van der Waals surface area contributed by atoms with Gasteiger partial charge in [-0.3, -0.25) is 29.1 Å². The highest BCUT2D eigenvalue weighted by atomic mass is 16.2. The largest absolute Gasteiger partial charge is 0.338 e.